The highest BCUT2D eigenvalue weighted by Gasteiger charge is 2.49. The molecule has 1 fully saturated rings. The first-order valence-electron chi connectivity index (χ1n) is 10.1. The van der Waals surface area contributed by atoms with Crippen LogP contribution < -0.4 is 4.74 Å². The lowest BCUT2D eigenvalue weighted by Gasteiger charge is -2.32. The van der Waals surface area contributed by atoms with Crippen LogP contribution in [0.1, 0.15) is 76.5 Å². The molecule has 0 aliphatic carbocycles. The SMILES string of the molecule is CCCCCCC#Cc1cncc2c1O[C@H]1C[C@@H]2N(C(=O)C(C)(C)C(F)F)C1. The number of amides is 1. The number of halogens is 2. The molecule has 0 saturated carbocycles. The van der Waals surface area contributed by atoms with Crippen LogP contribution in [0.2, 0.25) is 0 Å². The molecular formula is C22H28F2N2O2. The number of nitrogens with zero attached hydrogens (tertiary/aromatic N) is 2. The van der Waals surface area contributed by atoms with Gasteiger partial charge in [-0.05, 0) is 20.3 Å². The van der Waals surface area contributed by atoms with Crippen LogP contribution in [-0.2, 0) is 4.79 Å². The Bertz CT molecular complexity index is 782. The summed E-state index contributed by atoms with van der Waals surface area (Å²) in [7, 11) is 0. The number of hydrogen-bond acceptors (Lipinski definition) is 3. The minimum absolute atomic E-state index is 0.192. The van der Waals surface area contributed by atoms with Gasteiger partial charge in [-0.15, -0.1) is 0 Å². The van der Waals surface area contributed by atoms with E-state index in [4.69, 9.17) is 4.74 Å². The van der Waals surface area contributed by atoms with E-state index in [1.807, 2.05) is 0 Å². The minimum atomic E-state index is -2.72. The van der Waals surface area contributed by atoms with Crippen molar-refractivity contribution < 1.29 is 18.3 Å². The largest absolute Gasteiger partial charge is 0.487 e. The zero-order valence-electron chi connectivity index (χ0n) is 16.8. The summed E-state index contributed by atoms with van der Waals surface area (Å²) in [5.74, 6) is 6.45. The van der Waals surface area contributed by atoms with Crippen molar-refractivity contribution >= 4 is 5.91 Å². The van der Waals surface area contributed by atoms with E-state index in [-0.39, 0.29) is 12.1 Å². The molecule has 152 valence electrons. The van der Waals surface area contributed by atoms with Crippen molar-refractivity contribution in [3.8, 4) is 17.6 Å². The number of ether oxygens (including phenoxy) is 1. The molecule has 0 spiro atoms. The quantitative estimate of drug-likeness (QED) is 0.521. The van der Waals surface area contributed by atoms with Crippen molar-refractivity contribution in [2.75, 3.05) is 6.54 Å². The van der Waals surface area contributed by atoms with Crippen molar-refractivity contribution in [2.45, 2.75) is 77.9 Å². The molecule has 1 aromatic rings. The molecule has 1 aromatic heterocycles. The molecule has 1 saturated heterocycles. The Kier molecular flexibility index (Phi) is 6.22. The van der Waals surface area contributed by atoms with Crippen LogP contribution in [-0.4, -0.2) is 34.9 Å². The van der Waals surface area contributed by atoms with E-state index in [0.717, 1.165) is 18.4 Å². The fourth-order valence-corrected chi connectivity index (χ4v) is 3.75. The Hall–Kier alpha value is -2.16. The number of likely N-dealkylation sites (tertiary alicyclic amines) is 1. The van der Waals surface area contributed by atoms with Crippen molar-refractivity contribution in [3.63, 3.8) is 0 Å². The zero-order chi connectivity index (χ0) is 20.3. The number of carbonyl (C=O) groups excluding carboxylic acids is 1. The van der Waals surface area contributed by atoms with E-state index in [9.17, 15) is 13.6 Å². The van der Waals surface area contributed by atoms with Gasteiger partial charge in [0.1, 0.15) is 17.3 Å². The summed E-state index contributed by atoms with van der Waals surface area (Å²) in [6, 6.07) is -0.280. The van der Waals surface area contributed by atoms with Crippen molar-refractivity contribution in [1.82, 2.24) is 9.88 Å². The van der Waals surface area contributed by atoms with Crippen LogP contribution in [0.5, 0.6) is 5.75 Å². The summed E-state index contributed by atoms with van der Waals surface area (Å²) < 4.78 is 32.8. The predicted molar refractivity (Wildman–Crippen MR) is 103 cm³/mol. The van der Waals surface area contributed by atoms with Crippen LogP contribution in [0.15, 0.2) is 12.4 Å². The van der Waals surface area contributed by atoms with E-state index in [0.29, 0.717) is 24.3 Å². The van der Waals surface area contributed by atoms with Gasteiger partial charge >= 0.3 is 0 Å². The van der Waals surface area contributed by atoms with Gasteiger partial charge in [0, 0.05) is 30.8 Å². The Morgan fingerprint density at radius 1 is 1.36 bits per heavy atom. The summed E-state index contributed by atoms with van der Waals surface area (Å²) >= 11 is 0. The van der Waals surface area contributed by atoms with Gasteiger partial charge in [0.2, 0.25) is 5.91 Å². The van der Waals surface area contributed by atoms with E-state index in [1.54, 1.807) is 12.4 Å². The lowest BCUT2D eigenvalue weighted by Crippen LogP contribution is -2.44. The predicted octanol–water partition coefficient (Wildman–Crippen LogP) is 4.73. The number of unbranched alkanes of at least 4 members (excludes halogenated alkanes) is 4. The van der Waals surface area contributed by atoms with Gasteiger partial charge in [-0.1, -0.05) is 38.0 Å². The van der Waals surface area contributed by atoms with Crippen molar-refractivity contribution in [3.05, 3.63) is 23.5 Å². The van der Waals surface area contributed by atoms with E-state index < -0.39 is 17.7 Å². The monoisotopic (exact) mass is 390 g/mol. The second-order valence-corrected chi connectivity index (χ2v) is 8.19. The lowest BCUT2D eigenvalue weighted by atomic mass is 9.91. The molecular weight excluding hydrogens is 362 g/mol. The maximum atomic E-state index is 13.4. The van der Waals surface area contributed by atoms with E-state index >= 15 is 0 Å². The third-order valence-electron chi connectivity index (χ3n) is 5.57. The molecule has 4 nitrogen and oxygen atoms in total. The number of hydrogen-bond donors (Lipinski definition) is 0. The van der Waals surface area contributed by atoms with Crippen LogP contribution in [0, 0.1) is 17.3 Å². The number of carbonyl (C=O) groups is 1. The summed E-state index contributed by atoms with van der Waals surface area (Å²) in [5.41, 5.74) is -0.240. The molecule has 6 heteroatoms. The first kappa shape index (κ1) is 20.6. The molecule has 2 aliphatic rings. The Balaban J connectivity index is 1.80. The second-order valence-electron chi connectivity index (χ2n) is 8.19. The first-order chi connectivity index (χ1) is 13.4. The second kappa shape index (κ2) is 8.46. The van der Waals surface area contributed by atoms with Crippen LogP contribution in [0.3, 0.4) is 0 Å². The Labute approximate surface area is 165 Å². The van der Waals surface area contributed by atoms with Gasteiger partial charge in [-0.25, -0.2) is 8.78 Å². The highest BCUT2D eigenvalue weighted by atomic mass is 19.3. The average molecular weight is 390 g/mol. The minimum Gasteiger partial charge on any atom is -0.487 e. The molecule has 0 radical (unpaired) electrons. The maximum Gasteiger partial charge on any atom is 0.252 e. The number of fused-ring (bicyclic) bond motifs is 4. The molecule has 3 heterocycles. The smallest absolute Gasteiger partial charge is 0.252 e. The molecule has 28 heavy (non-hydrogen) atoms. The molecule has 1 amide bonds. The maximum absolute atomic E-state index is 13.4. The van der Waals surface area contributed by atoms with E-state index in [2.05, 4.69) is 23.7 Å². The van der Waals surface area contributed by atoms with Crippen molar-refractivity contribution in [1.29, 1.82) is 0 Å². The van der Waals surface area contributed by atoms with Crippen molar-refractivity contribution in [2.24, 2.45) is 5.41 Å². The normalized spacial score (nSPS) is 20.4. The van der Waals surface area contributed by atoms with Gasteiger partial charge in [0.05, 0.1) is 18.2 Å². The summed E-state index contributed by atoms with van der Waals surface area (Å²) in [6.07, 6.45) is 6.52. The van der Waals surface area contributed by atoms with Gasteiger partial charge in [0.25, 0.3) is 6.43 Å². The molecule has 2 atom stereocenters. The third-order valence-corrected chi connectivity index (χ3v) is 5.57. The molecule has 0 aromatic carbocycles. The van der Waals surface area contributed by atoms with Gasteiger partial charge < -0.3 is 9.64 Å². The number of alkyl halides is 2. The first-order valence-corrected chi connectivity index (χ1v) is 10.1. The molecule has 0 unspecified atom stereocenters. The third kappa shape index (κ3) is 3.99. The van der Waals surface area contributed by atoms with E-state index in [1.165, 1.54) is 38.0 Å². The summed E-state index contributed by atoms with van der Waals surface area (Å²) in [6.45, 7) is 5.08. The molecule has 2 bridgehead atoms. The van der Waals surface area contributed by atoms with Crippen LogP contribution in [0.25, 0.3) is 0 Å². The van der Waals surface area contributed by atoms with Gasteiger partial charge in [0.15, 0.2) is 0 Å². The fraction of sp³-hybridized carbons (Fsp3) is 0.636. The summed E-state index contributed by atoms with van der Waals surface area (Å²) in [5, 5.41) is 0. The average Bonchev–Trinajstić information content (AvgIpc) is 3.01. The topological polar surface area (TPSA) is 42.4 Å². The highest BCUT2D eigenvalue weighted by Crippen LogP contribution is 2.46. The molecule has 0 N–H and O–H groups in total. The number of aromatic nitrogens is 1. The standard InChI is InChI=1S/C22H28F2N2O2/c1-4-5-6-7-8-9-10-15-12-25-13-17-18-11-16(28-19(15)17)14-26(18)21(27)22(2,3)20(23)24/h12-13,16,18,20H,4-8,11,14H2,1-3H3/t16-,18-/m0/s1. The zero-order valence-corrected chi connectivity index (χ0v) is 16.8. The highest BCUT2D eigenvalue weighted by molar-refractivity contribution is 5.83. The van der Waals surface area contributed by atoms with Gasteiger partial charge in [-0.2, -0.15) is 0 Å². The van der Waals surface area contributed by atoms with Gasteiger partial charge in [-0.3, -0.25) is 9.78 Å². The van der Waals surface area contributed by atoms with Crippen LogP contribution in [0.4, 0.5) is 8.78 Å². The Morgan fingerprint density at radius 3 is 2.86 bits per heavy atom. The van der Waals surface area contributed by atoms with Crippen LogP contribution >= 0.6 is 0 Å². The number of pyridine rings is 1. The Morgan fingerprint density at radius 2 is 2.14 bits per heavy atom. The fourth-order valence-electron chi connectivity index (χ4n) is 3.75. The number of rotatable bonds is 6. The molecule has 2 aliphatic heterocycles. The summed E-state index contributed by atoms with van der Waals surface area (Å²) in [4.78, 5) is 18.6. The lowest BCUT2D eigenvalue weighted by molar-refractivity contribution is -0.149. The molecule has 3 rings (SSSR count).